The minimum Gasteiger partial charge on any atom is -0.348 e. The lowest BCUT2D eigenvalue weighted by molar-refractivity contribution is -0.179. The van der Waals surface area contributed by atoms with E-state index in [4.69, 9.17) is 9.47 Å². The van der Waals surface area contributed by atoms with Crippen LogP contribution in [0.1, 0.15) is 37.9 Å². The molecule has 3 rings (SSSR count). The first-order valence-electron chi connectivity index (χ1n) is 7.22. The summed E-state index contributed by atoms with van der Waals surface area (Å²) < 4.78 is 11.5. The highest BCUT2D eigenvalue weighted by atomic mass is 16.7. The maximum absolute atomic E-state index is 5.73. The number of hydrogen-bond acceptors (Lipinski definition) is 5. The Bertz CT molecular complexity index is 366. The number of aromatic nitrogens is 3. The van der Waals surface area contributed by atoms with Gasteiger partial charge in [0.2, 0.25) is 0 Å². The van der Waals surface area contributed by atoms with E-state index in [9.17, 15) is 0 Å². The Morgan fingerprint density at radius 2 is 2.11 bits per heavy atom. The Hall–Kier alpha value is -0.980. The van der Waals surface area contributed by atoms with Crippen LogP contribution in [-0.4, -0.2) is 46.8 Å². The molecule has 1 saturated carbocycles. The van der Waals surface area contributed by atoms with E-state index >= 15 is 0 Å². The van der Waals surface area contributed by atoms with E-state index in [0.717, 1.165) is 64.1 Å². The van der Waals surface area contributed by atoms with E-state index in [1.165, 1.54) is 0 Å². The number of rotatable bonds is 5. The van der Waals surface area contributed by atoms with Gasteiger partial charge in [-0.15, -0.1) is 0 Å². The van der Waals surface area contributed by atoms with Gasteiger partial charge in [0.15, 0.2) is 5.79 Å². The van der Waals surface area contributed by atoms with Crippen LogP contribution in [0.3, 0.4) is 0 Å². The molecular formula is C13H22N4O2. The molecule has 0 amide bonds. The van der Waals surface area contributed by atoms with E-state index in [0.29, 0.717) is 6.04 Å². The second-order valence-corrected chi connectivity index (χ2v) is 5.37. The summed E-state index contributed by atoms with van der Waals surface area (Å²) in [5, 5.41) is 10.4. The molecule has 2 N–H and O–H groups in total. The fraction of sp³-hybridized carbons (Fsp3) is 0.846. The first-order valence-corrected chi connectivity index (χ1v) is 7.22. The smallest absolute Gasteiger partial charge is 0.168 e. The molecule has 1 aliphatic carbocycles. The van der Waals surface area contributed by atoms with Crippen molar-refractivity contribution in [2.24, 2.45) is 0 Å². The van der Waals surface area contributed by atoms with Gasteiger partial charge in [0.1, 0.15) is 12.2 Å². The van der Waals surface area contributed by atoms with E-state index in [-0.39, 0.29) is 5.79 Å². The molecule has 2 aliphatic rings. The maximum Gasteiger partial charge on any atom is 0.168 e. The van der Waals surface area contributed by atoms with Crippen LogP contribution in [0.15, 0.2) is 6.33 Å². The highest BCUT2D eigenvalue weighted by molar-refractivity contribution is 4.86. The van der Waals surface area contributed by atoms with Crippen molar-refractivity contribution in [2.75, 3.05) is 19.8 Å². The van der Waals surface area contributed by atoms with Crippen molar-refractivity contribution in [3.63, 3.8) is 0 Å². The van der Waals surface area contributed by atoms with Crippen molar-refractivity contribution in [3.8, 4) is 0 Å². The normalized spacial score (nSPS) is 23.2. The lowest BCUT2D eigenvalue weighted by Crippen LogP contribution is -2.42. The Morgan fingerprint density at radius 1 is 1.32 bits per heavy atom. The predicted molar refractivity (Wildman–Crippen MR) is 69.6 cm³/mol. The van der Waals surface area contributed by atoms with E-state index in [1.54, 1.807) is 6.33 Å². The molecule has 0 atom stereocenters. The number of ether oxygens (including phenoxy) is 2. The summed E-state index contributed by atoms with van der Waals surface area (Å²) in [5.74, 6) is 0.732. The molecule has 6 nitrogen and oxygen atoms in total. The van der Waals surface area contributed by atoms with Gasteiger partial charge in [-0.1, -0.05) is 0 Å². The van der Waals surface area contributed by atoms with Gasteiger partial charge < -0.3 is 14.8 Å². The molecule has 1 aromatic rings. The Kier molecular flexibility index (Phi) is 4.10. The van der Waals surface area contributed by atoms with Crippen LogP contribution in [0.5, 0.6) is 0 Å². The average molecular weight is 266 g/mol. The maximum atomic E-state index is 5.73. The van der Waals surface area contributed by atoms with Crippen molar-refractivity contribution in [1.82, 2.24) is 20.5 Å². The molecule has 2 fully saturated rings. The third-order valence-corrected chi connectivity index (χ3v) is 4.05. The van der Waals surface area contributed by atoms with Crippen LogP contribution in [0.2, 0.25) is 0 Å². The van der Waals surface area contributed by atoms with Gasteiger partial charge in [-0.05, 0) is 25.8 Å². The Labute approximate surface area is 113 Å². The van der Waals surface area contributed by atoms with Crippen LogP contribution < -0.4 is 5.32 Å². The molecule has 0 unspecified atom stereocenters. The lowest BCUT2D eigenvalue weighted by Gasteiger charge is -2.35. The largest absolute Gasteiger partial charge is 0.348 e. The van der Waals surface area contributed by atoms with Gasteiger partial charge in [-0.25, -0.2) is 4.98 Å². The molecule has 0 aromatic carbocycles. The summed E-state index contributed by atoms with van der Waals surface area (Å²) in [5.41, 5.74) is 0. The number of nitrogens with one attached hydrogen (secondary N) is 2. The second kappa shape index (κ2) is 5.98. The third-order valence-electron chi connectivity index (χ3n) is 4.05. The van der Waals surface area contributed by atoms with Crippen molar-refractivity contribution in [3.05, 3.63) is 12.2 Å². The zero-order valence-electron chi connectivity index (χ0n) is 11.2. The molecular weight excluding hydrogens is 244 g/mol. The summed E-state index contributed by atoms with van der Waals surface area (Å²) in [6, 6.07) is 0.605. The minimum absolute atomic E-state index is 0.238. The first-order chi connectivity index (χ1) is 9.36. The minimum atomic E-state index is -0.238. The summed E-state index contributed by atoms with van der Waals surface area (Å²) in [6.07, 6.45) is 7.93. The van der Waals surface area contributed by atoms with E-state index in [1.807, 2.05) is 0 Å². The monoisotopic (exact) mass is 266 g/mol. The predicted octanol–water partition coefficient (Wildman–Crippen LogP) is 1.01. The number of H-pyrrole nitrogens is 1. The van der Waals surface area contributed by atoms with Crippen LogP contribution >= 0.6 is 0 Å². The standard InChI is InChI=1S/C13H22N4O2/c1(2-12-15-10-16-17-12)7-14-11-3-5-13(6-4-11)18-8-9-19-13/h10-11,14H,1-9H2,(H,15,16,17). The van der Waals surface area contributed by atoms with Crippen LogP contribution in [0.25, 0.3) is 0 Å². The van der Waals surface area contributed by atoms with Gasteiger partial charge >= 0.3 is 0 Å². The van der Waals surface area contributed by atoms with Gasteiger partial charge in [0, 0.05) is 25.3 Å². The SMILES string of the molecule is c1n[nH]c(CCCNC2CCC3(CC2)OCCO3)n1. The third kappa shape index (κ3) is 3.32. The number of aryl methyl sites for hydroxylation is 1. The van der Waals surface area contributed by atoms with Gasteiger partial charge in [-0.2, -0.15) is 5.10 Å². The topological polar surface area (TPSA) is 72.1 Å². The molecule has 106 valence electrons. The summed E-state index contributed by atoms with van der Waals surface area (Å²) in [4.78, 5) is 4.12. The zero-order valence-corrected chi connectivity index (χ0v) is 11.2. The van der Waals surface area contributed by atoms with Gasteiger partial charge in [0.25, 0.3) is 0 Å². The summed E-state index contributed by atoms with van der Waals surface area (Å²) in [7, 11) is 0. The van der Waals surface area contributed by atoms with Crippen LogP contribution in [0, 0.1) is 0 Å². The Morgan fingerprint density at radius 3 is 2.79 bits per heavy atom. The Balaban J connectivity index is 1.31. The summed E-state index contributed by atoms with van der Waals surface area (Å²) in [6.45, 7) is 2.55. The van der Waals surface area contributed by atoms with Gasteiger partial charge in [0.05, 0.1) is 13.2 Å². The number of hydrogen-bond donors (Lipinski definition) is 2. The molecule has 1 aromatic heterocycles. The van der Waals surface area contributed by atoms with Crippen LogP contribution in [0.4, 0.5) is 0 Å². The highest BCUT2D eigenvalue weighted by Gasteiger charge is 2.39. The van der Waals surface area contributed by atoms with Crippen molar-refractivity contribution < 1.29 is 9.47 Å². The zero-order chi connectivity index (χ0) is 13.0. The fourth-order valence-electron chi connectivity index (χ4n) is 2.96. The van der Waals surface area contributed by atoms with E-state index < -0.39 is 0 Å². The van der Waals surface area contributed by atoms with Crippen LogP contribution in [-0.2, 0) is 15.9 Å². The molecule has 6 heteroatoms. The highest BCUT2D eigenvalue weighted by Crippen LogP contribution is 2.35. The van der Waals surface area contributed by atoms with E-state index in [2.05, 4.69) is 20.5 Å². The van der Waals surface area contributed by atoms with Crippen molar-refractivity contribution in [2.45, 2.75) is 50.4 Å². The lowest BCUT2D eigenvalue weighted by atomic mass is 9.90. The molecule has 0 radical (unpaired) electrons. The molecule has 19 heavy (non-hydrogen) atoms. The number of nitrogens with zero attached hydrogens (tertiary/aromatic N) is 2. The first kappa shape index (κ1) is 13.0. The molecule has 1 aliphatic heterocycles. The molecule has 1 spiro atoms. The molecule has 1 saturated heterocycles. The second-order valence-electron chi connectivity index (χ2n) is 5.37. The van der Waals surface area contributed by atoms with Crippen molar-refractivity contribution in [1.29, 1.82) is 0 Å². The fourth-order valence-corrected chi connectivity index (χ4v) is 2.96. The molecule has 0 bridgehead atoms. The van der Waals surface area contributed by atoms with Crippen molar-refractivity contribution >= 4 is 0 Å². The van der Waals surface area contributed by atoms with Gasteiger partial charge in [-0.3, -0.25) is 5.10 Å². The average Bonchev–Trinajstić information content (AvgIpc) is 3.09. The number of aromatic amines is 1. The quantitative estimate of drug-likeness (QED) is 0.778. The summed E-state index contributed by atoms with van der Waals surface area (Å²) >= 11 is 0. The molecule has 2 heterocycles.